The van der Waals surface area contributed by atoms with Gasteiger partial charge >= 0.3 is 0 Å². The van der Waals surface area contributed by atoms with Gasteiger partial charge in [0.15, 0.2) is 0 Å². The molecule has 3 rings (SSSR count). The van der Waals surface area contributed by atoms with Crippen LogP contribution in [0.2, 0.25) is 0 Å². The number of halogens is 1. The summed E-state index contributed by atoms with van der Waals surface area (Å²) in [5.74, 6) is 0.541. The fraction of sp³-hybridized carbons (Fsp3) is 0.571. The molecule has 0 spiro atoms. The molecular formula is C14H18ClNO3S. The van der Waals surface area contributed by atoms with E-state index < -0.39 is 10.0 Å². The third kappa shape index (κ3) is 2.72. The first kappa shape index (κ1) is 14.3. The van der Waals surface area contributed by atoms with Crippen LogP contribution in [0, 0.1) is 0 Å². The summed E-state index contributed by atoms with van der Waals surface area (Å²) in [5.41, 5.74) is 1.06. The molecule has 110 valence electrons. The van der Waals surface area contributed by atoms with Gasteiger partial charge in [-0.1, -0.05) is 12.1 Å². The molecule has 0 aromatic heterocycles. The van der Waals surface area contributed by atoms with E-state index in [2.05, 4.69) is 0 Å². The zero-order valence-corrected chi connectivity index (χ0v) is 12.7. The smallest absolute Gasteiger partial charge is 0.243 e. The highest BCUT2D eigenvalue weighted by Gasteiger charge is 2.39. The molecule has 2 heterocycles. The zero-order valence-electron chi connectivity index (χ0n) is 11.2. The second kappa shape index (κ2) is 5.64. The lowest BCUT2D eigenvalue weighted by molar-refractivity contribution is -0.0114. The number of alkyl halides is 1. The molecule has 1 aromatic carbocycles. The van der Waals surface area contributed by atoms with E-state index in [0.29, 0.717) is 23.9 Å². The molecule has 2 aliphatic heterocycles. The molecule has 0 saturated carbocycles. The van der Waals surface area contributed by atoms with Crippen molar-refractivity contribution in [1.29, 1.82) is 0 Å². The summed E-state index contributed by atoms with van der Waals surface area (Å²) in [6.45, 7) is 0.949. The molecule has 1 aromatic rings. The monoisotopic (exact) mass is 315 g/mol. The highest BCUT2D eigenvalue weighted by atomic mass is 35.5. The average molecular weight is 316 g/mol. The van der Waals surface area contributed by atoms with Crippen molar-refractivity contribution < 1.29 is 13.2 Å². The van der Waals surface area contributed by atoms with Crippen molar-refractivity contribution in [3.8, 4) is 0 Å². The maximum absolute atomic E-state index is 12.6. The van der Waals surface area contributed by atoms with E-state index in [4.69, 9.17) is 16.3 Å². The standard InChI is InChI=1S/C14H18ClNO3S/c15-8-7-11-1-5-14(6-2-11)20(17,18)16-9-12-3-4-13(10-16)19-12/h1-2,5-6,12-13H,3-4,7-10H2. The Kier molecular flexibility index (Phi) is 4.04. The number of ether oxygens (including phenoxy) is 1. The van der Waals surface area contributed by atoms with Gasteiger partial charge in [-0.05, 0) is 37.0 Å². The molecule has 6 heteroatoms. The van der Waals surface area contributed by atoms with E-state index in [1.807, 2.05) is 12.1 Å². The SMILES string of the molecule is O=S(=O)(c1ccc(CCCl)cc1)N1CC2CCC(C1)O2. The molecule has 2 atom stereocenters. The molecule has 4 nitrogen and oxygen atoms in total. The molecule has 2 aliphatic rings. The van der Waals surface area contributed by atoms with Crippen molar-refractivity contribution in [3.05, 3.63) is 29.8 Å². The highest BCUT2D eigenvalue weighted by Crippen LogP contribution is 2.29. The second-order valence-electron chi connectivity index (χ2n) is 5.36. The van der Waals surface area contributed by atoms with Crippen molar-refractivity contribution in [1.82, 2.24) is 4.31 Å². The van der Waals surface area contributed by atoms with E-state index in [0.717, 1.165) is 24.8 Å². The Balaban J connectivity index is 1.80. The van der Waals surface area contributed by atoms with E-state index in [-0.39, 0.29) is 12.2 Å². The Morgan fingerprint density at radius 3 is 2.30 bits per heavy atom. The number of hydrogen-bond acceptors (Lipinski definition) is 3. The van der Waals surface area contributed by atoms with Gasteiger partial charge in [-0.3, -0.25) is 0 Å². The Morgan fingerprint density at radius 1 is 1.15 bits per heavy atom. The Labute approximate surface area is 124 Å². The van der Waals surface area contributed by atoms with Crippen molar-refractivity contribution in [2.45, 2.75) is 36.4 Å². The summed E-state index contributed by atoms with van der Waals surface area (Å²) < 4.78 is 32.5. The van der Waals surface area contributed by atoms with Gasteiger partial charge in [0.05, 0.1) is 17.1 Å². The van der Waals surface area contributed by atoms with Gasteiger partial charge in [-0.25, -0.2) is 8.42 Å². The van der Waals surface area contributed by atoms with Gasteiger partial charge < -0.3 is 4.74 Å². The largest absolute Gasteiger partial charge is 0.372 e. The first-order valence-corrected chi connectivity index (χ1v) is 8.87. The molecule has 2 bridgehead atoms. The van der Waals surface area contributed by atoms with Crippen LogP contribution in [0.3, 0.4) is 0 Å². The van der Waals surface area contributed by atoms with Crippen molar-refractivity contribution in [2.24, 2.45) is 0 Å². The molecular weight excluding hydrogens is 298 g/mol. The molecule has 0 radical (unpaired) electrons. The van der Waals surface area contributed by atoms with Gasteiger partial charge in [0.25, 0.3) is 0 Å². The normalized spacial score (nSPS) is 26.9. The minimum Gasteiger partial charge on any atom is -0.372 e. The molecule has 2 fully saturated rings. The molecule has 2 saturated heterocycles. The average Bonchev–Trinajstić information content (AvgIpc) is 2.78. The Bertz CT molecular complexity index is 561. The Hall–Kier alpha value is -0.620. The fourth-order valence-electron chi connectivity index (χ4n) is 2.86. The third-order valence-electron chi connectivity index (χ3n) is 3.95. The molecule has 20 heavy (non-hydrogen) atoms. The van der Waals surface area contributed by atoms with Crippen LogP contribution in [-0.4, -0.2) is 43.9 Å². The number of rotatable bonds is 4. The summed E-state index contributed by atoms with van der Waals surface area (Å²) >= 11 is 5.69. The Morgan fingerprint density at radius 2 is 1.75 bits per heavy atom. The van der Waals surface area contributed by atoms with Gasteiger partial charge in [-0.2, -0.15) is 4.31 Å². The van der Waals surface area contributed by atoms with E-state index in [1.54, 1.807) is 16.4 Å². The predicted octanol–water partition coefficient (Wildman–Crippen LogP) is 2.02. The highest BCUT2D eigenvalue weighted by molar-refractivity contribution is 7.89. The van der Waals surface area contributed by atoms with Crippen molar-refractivity contribution in [3.63, 3.8) is 0 Å². The van der Waals surface area contributed by atoms with Crippen LogP contribution in [0.25, 0.3) is 0 Å². The van der Waals surface area contributed by atoms with E-state index in [1.165, 1.54) is 0 Å². The van der Waals surface area contributed by atoms with Gasteiger partial charge in [0.2, 0.25) is 10.0 Å². The number of aryl methyl sites for hydroxylation is 1. The first-order chi connectivity index (χ1) is 9.59. The minimum absolute atomic E-state index is 0.0686. The minimum atomic E-state index is -3.40. The number of morpholine rings is 1. The maximum Gasteiger partial charge on any atom is 0.243 e. The van der Waals surface area contributed by atoms with Crippen molar-refractivity contribution in [2.75, 3.05) is 19.0 Å². The molecule has 0 N–H and O–H groups in total. The van der Waals surface area contributed by atoms with Gasteiger partial charge in [-0.15, -0.1) is 11.6 Å². The van der Waals surface area contributed by atoms with Crippen LogP contribution in [0.15, 0.2) is 29.2 Å². The summed E-state index contributed by atoms with van der Waals surface area (Å²) in [7, 11) is -3.40. The number of hydrogen-bond donors (Lipinski definition) is 0. The zero-order chi connectivity index (χ0) is 14.2. The molecule has 2 unspecified atom stereocenters. The second-order valence-corrected chi connectivity index (χ2v) is 7.68. The van der Waals surface area contributed by atoms with Crippen LogP contribution in [-0.2, 0) is 21.2 Å². The fourth-order valence-corrected chi connectivity index (χ4v) is 4.58. The maximum atomic E-state index is 12.6. The van der Waals surface area contributed by atoms with Crippen LogP contribution >= 0.6 is 11.6 Å². The number of fused-ring (bicyclic) bond motifs is 2. The summed E-state index contributed by atoms with van der Waals surface area (Å²) in [4.78, 5) is 0.358. The quantitative estimate of drug-likeness (QED) is 0.799. The van der Waals surface area contributed by atoms with Gasteiger partial charge in [0, 0.05) is 19.0 Å². The topological polar surface area (TPSA) is 46.6 Å². The van der Waals surface area contributed by atoms with Crippen LogP contribution in [0.1, 0.15) is 18.4 Å². The summed E-state index contributed by atoms with van der Waals surface area (Å²) in [6, 6.07) is 7.03. The van der Waals surface area contributed by atoms with Crippen LogP contribution in [0.5, 0.6) is 0 Å². The summed E-state index contributed by atoms with van der Waals surface area (Å²) in [6.07, 6.45) is 2.82. The summed E-state index contributed by atoms with van der Waals surface area (Å²) in [5, 5.41) is 0. The lowest BCUT2D eigenvalue weighted by atomic mass is 10.2. The van der Waals surface area contributed by atoms with Crippen LogP contribution in [0.4, 0.5) is 0 Å². The van der Waals surface area contributed by atoms with E-state index in [9.17, 15) is 8.42 Å². The van der Waals surface area contributed by atoms with E-state index >= 15 is 0 Å². The number of benzene rings is 1. The third-order valence-corrected chi connectivity index (χ3v) is 5.99. The number of sulfonamides is 1. The molecule has 0 aliphatic carbocycles. The lowest BCUT2D eigenvalue weighted by Gasteiger charge is -2.31. The van der Waals surface area contributed by atoms with Crippen LogP contribution < -0.4 is 0 Å². The molecule has 0 amide bonds. The van der Waals surface area contributed by atoms with Gasteiger partial charge in [0.1, 0.15) is 0 Å². The van der Waals surface area contributed by atoms with Crippen molar-refractivity contribution >= 4 is 21.6 Å². The number of nitrogens with zero attached hydrogens (tertiary/aromatic N) is 1. The predicted molar refractivity (Wildman–Crippen MR) is 77.5 cm³/mol. The first-order valence-electron chi connectivity index (χ1n) is 6.90. The lowest BCUT2D eigenvalue weighted by Crippen LogP contribution is -2.45.